The second kappa shape index (κ2) is 10.3. The van der Waals surface area contributed by atoms with Crippen LogP contribution in [0.3, 0.4) is 0 Å². The van der Waals surface area contributed by atoms with Crippen LogP contribution in [0.4, 0.5) is 5.69 Å². The van der Waals surface area contributed by atoms with Crippen LogP contribution < -0.4 is 10.6 Å². The normalized spacial score (nSPS) is 17.2. The van der Waals surface area contributed by atoms with E-state index in [1.54, 1.807) is 7.05 Å². The van der Waals surface area contributed by atoms with E-state index < -0.39 is 4.92 Å². The fourth-order valence-corrected chi connectivity index (χ4v) is 2.69. The summed E-state index contributed by atoms with van der Waals surface area (Å²) in [5.41, 5.74) is -0.0247. The lowest BCUT2D eigenvalue weighted by molar-refractivity contribution is -0.385. The number of nitro groups is 1. The molecule has 2 heterocycles. The summed E-state index contributed by atoms with van der Waals surface area (Å²) in [6.45, 7) is 6.25. The second-order valence-electron chi connectivity index (χ2n) is 6.29. The van der Waals surface area contributed by atoms with Crippen LogP contribution in [0.15, 0.2) is 17.4 Å². The number of nitrogens with zero attached hydrogens (tertiary/aromatic N) is 5. The number of rotatable bonds is 6. The zero-order chi connectivity index (χ0) is 18.4. The first-order valence-electron chi connectivity index (χ1n) is 8.33. The summed E-state index contributed by atoms with van der Waals surface area (Å²) >= 11 is 0. The van der Waals surface area contributed by atoms with Crippen molar-refractivity contribution in [3.8, 4) is 0 Å². The molecule has 0 aliphatic carbocycles. The number of hydrogen-bond donors (Lipinski definition) is 2. The molecule has 11 heteroatoms. The molecule has 1 aromatic heterocycles. The Morgan fingerprint density at radius 2 is 2.27 bits per heavy atom. The summed E-state index contributed by atoms with van der Waals surface area (Å²) in [4.78, 5) is 28.2. The molecule has 1 aliphatic rings. The number of guanidine groups is 1. The Morgan fingerprint density at radius 3 is 2.85 bits per heavy atom. The molecule has 1 aromatic rings. The van der Waals surface area contributed by atoms with Gasteiger partial charge in [0.1, 0.15) is 12.4 Å². The van der Waals surface area contributed by atoms with Gasteiger partial charge in [-0.2, -0.15) is 5.10 Å². The molecule has 2 rings (SSSR count). The molecule has 1 aliphatic heterocycles. The number of hydrogen-bond acceptors (Lipinski definition) is 5. The Labute approximate surface area is 169 Å². The lowest BCUT2D eigenvalue weighted by atomic mass is 10.2. The maximum Gasteiger partial charge on any atom is 0.306 e. The van der Waals surface area contributed by atoms with Crippen LogP contribution in [-0.4, -0.2) is 64.2 Å². The Hall–Kier alpha value is -1.92. The fourth-order valence-electron chi connectivity index (χ4n) is 2.69. The first-order chi connectivity index (χ1) is 11.9. The zero-order valence-electron chi connectivity index (χ0n) is 15.2. The summed E-state index contributed by atoms with van der Waals surface area (Å²) in [6, 6.07) is 0.166. The average Bonchev–Trinajstić information content (AvgIpc) is 3.22. The van der Waals surface area contributed by atoms with Crippen molar-refractivity contribution >= 4 is 41.5 Å². The highest BCUT2D eigenvalue weighted by atomic mass is 127. The van der Waals surface area contributed by atoms with Crippen LogP contribution in [0, 0.1) is 16.0 Å². The molecular formula is C15H26IN7O3. The third kappa shape index (κ3) is 6.11. The summed E-state index contributed by atoms with van der Waals surface area (Å²) in [5, 5.41) is 21.0. The number of aromatic nitrogens is 2. The third-order valence-electron chi connectivity index (χ3n) is 4.02. The number of carbonyl (C=O) groups excluding carboxylic acids is 1. The van der Waals surface area contributed by atoms with E-state index in [1.807, 2.05) is 18.7 Å². The predicted molar refractivity (Wildman–Crippen MR) is 109 cm³/mol. The van der Waals surface area contributed by atoms with Gasteiger partial charge in [-0.05, 0) is 6.42 Å². The molecule has 2 N–H and O–H groups in total. The van der Waals surface area contributed by atoms with Gasteiger partial charge in [-0.15, -0.1) is 24.0 Å². The van der Waals surface area contributed by atoms with Crippen molar-refractivity contribution in [2.75, 3.05) is 26.7 Å². The molecule has 0 saturated carbocycles. The van der Waals surface area contributed by atoms with E-state index in [0.29, 0.717) is 25.6 Å². The lowest BCUT2D eigenvalue weighted by Gasteiger charge is -2.20. The largest absolute Gasteiger partial charge is 0.355 e. The van der Waals surface area contributed by atoms with Gasteiger partial charge in [0.05, 0.1) is 11.5 Å². The summed E-state index contributed by atoms with van der Waals surface area (Å²) in [5.74, 6) is 0.826. The van der Waals surface area contributed by atoms with Crippen molar-refractivity contribution in [1.29, 1.82) is 0 Å². The molecule has 1 unspecified atom stereocenters. The van der Waals surface area contributed by atoms with Crippen LogP contribution >= 0.6 is 24.0 Å². The van der Waals surface area contributed by atoms with Gasteiger partial charge in [0, 0.05) is 38.6 Å². The van der Waals surface area contributed by atoms with E-state index >= 15 is 0 Å². The van der Waals surface area contributed by atoms with Gasteiger partial charge in [0.15, 0.2) is 5.96 Å². The summed E-state index contributed by atoms with van der Waals surface area (Å²) in [6.07, 6.45) is 3.50. The molecule has 1 atom stereocenters. The quantitative estimate of drug-likeness (QED) is 0.205. The third-order valence-corrected chi connectivity index (χ3v) is 4.02. The Kier molecular flexibility index (Phi) is 8.75. The molecule has 0 radical (unpaired) electrons. The molecule has 1 fully saturated rings. The molecule has 0 aromatic carbocycles. The monoisotopic (exact) mass is 479 g/mol. The number of halogens is 1. The second-order valence-corrected chi connectivity index (χ2v) is 6.29. The maximum absolute atomic E-state index is 12.0. The first kappa shape index (κ1) is 22.1. The average molecular weight is 479 g/mol. The maximum atomic E-state index is 12.0. The van der Waals surface area contributed by atoms with Gasteiger partial charge in [0.2, 0.25) is 5.91 Å². The Morgan fingerprint density at radius 1 is 1.54 bits per heavy atom. The van der Waals surface area contributed by atoms with E-state index in [0.717, 1.165) is 13.0 Å². The van der Waals surface area contributed by atoms with Crippen molar-refractivity contribution in [3.05, 3.63) is 22.5 Å². The summed E-state index contributed by atoms with van der Waals surface area (Å²) in [7, 11) is 1.68. The van der Waals surface area contributed by atoms with Gasteiger partial charge < -0.3 is 15.5 Å². The minimum absolute atomic E-state index is 0. The van der Waals surface area contributed by atoms with Gasteiger partial charge in [-0.25, -0.2) is 0 Å². The van der Waals surface area contributed by atoms with Gasteiger partial charge in [0.25, 0.3) is 0 Å². The van der Waals surface area contributed by atoms with E-state index in [9.17, 15) is 14.9 Å². The van der Waals surface area contributed by atoms with Crippen LogP contribution in [-0.2, 0) is 11.3 Å². The van der Waals surface area contributed by atoms with Crippen molar-refractivity contribution in [3.63, 3.8) is 0 Å². The minimum Gasteiger partial charge on any atom is -0.355 e. The Balaban J connectivity index is 0.00000338. The van der Waals surface area contributed by atoms with Crippen molar-refractivity contribution in [2.24, 2.45) is 10.9 Å². The van der Waals surface area contributed by atoms with Gasteiger partial charge in [-0.1, -0.05) is 13.8 Å². The standard InChI is InChI=1S/C15H25N7O3.HI/c1-11(2)14(23)20-6-4-12(9-20)19-15(16-3)17-5-7-21-10-13(8-18-21)22(24)25;/h8,10-12H,4-7,9H2,1-3H3,(H2,16,17,19);1H. The summed E-state index contributed by atoms with van der Waals surface area (Å²) < 4.78 is 1.51. The number of carbonyl (C=O) groups is 1. The van der Waals surface area contributed by atoms with Crippen molar-refractivity contribution < 1.29 is 9.72 Å². The lowest BCUT2D eigenvalue weighted by Crippen LogP contribution is -2.46. The number of nitrogens with one attached hydrogen (secondary N) is 2. The molecule has 1 amide bonds. The van der Waals surface area contributed by atoms with Crippen LogP contribution in [0.1, 0.15) is 20.3 Å². The van der Waals surface area contributed by atoms with Crippen LogP contribution in [0.2, 0.25) is 0 Å². The van der Waals surface area contributed by atoms with Gasteiger partial charge >= 0.3 is 5.69 Å². The van der Waals surface area contributed by atoms with E-state index in [1.165, 1.54) is 17.1 Å². The molecule has 0 spiro atoms. The fraction of sp³-hybridized carbons (Fsp3) is 0.667. The van der Waals surface area contributed by atoms with E-state index in [4.69, 9.17) is 0 Å². The van der Waals surface area contributed by atoms with E-state index in [2.05, 4.69) is 20.7 Å². The highest BCUT2D eigenvalue weighted by Gasteiger charge is 2.27. The SMILES string of the molecule is CN=C(NCCn1cc([N+](=O)[O-])cn1)NC1CCN(C(=O)C(C)C)C1.I. The van der Waals surface area contributed by atoms with Crippen molar-refractivity contribution in [2.45, 2.75) is 32.9 Å². The molecule has 0 bridgehead atoms. The number of aliphatic imine (C=N–C) groups is 1. The first-order valence-corrected chi connectivity index (χ1v) is 8.33. The van der Waals surface area contributed by atoms with Crippen LogP contribution in [0.25, 0.3) is 0 Å². The zero-order valence-corrected chi connectivity index (χ0v) is 17.5. The molecular weight excluding hydrogens is 453 g/mol. The minimum atomic E-state index is -0.471. The van der Waals surface area contributed by atoms with Crippen molar-refractivity contribution in [1.82, 2.24) is 25.3 Å². The highest BCUT2D eigenvalue weighted by molar-refractivity contribution is 14.0. The smallest absolute Gasteiger partial charge is 0.306 e. The number of likely N-dealkylation sites (tertiary alicyclic amines) is 1. The molecule has 1 saturated heterocycles. The number of amides is 1. The Bertz CT molecular complexity index is 647. The molecule has 10 nitrogen and oxygen atoms in total. The topological polar surface area (TPSA) is 118 Å². The molecule has 146 valence electrons. The molecule has 26 heavy (non-hydrogen) atoms. The van der Waals surface area contributed by atoms with E-state index in [-0.39, 0.29) is 47.5 Å². The highest BCUT2D eigenvalue weighted by Crippen LogP contribution is 2.12. The van der Waals surface area contributed by atoms with Gasteiger partial charge in [-0.3, -0.25) is 24.6 Å². The van der Waals surface area contributed by atoms with Crippen LogP contribution in [0.5, 0.6) is 0 Å². The predicted octanol–water partition coefficient (Wildman–Crippen LogP) is 0.831.